The third-order valence-electron chi connectivity index (χ3n) is 8.90. The van der Waals surface area contributed by atoms with E-state index < -0.39 is 0 Å². The predicted molar refractivity (Wildman–Crippen MR) is 169 cm³/mol. The zero-order valence-electron chi connectivity index (χ0n) is 26.3. The number of aldehydes is 1. The Hall–Kier alpha value is -0.860. The van der Waals surface area contributed by atoms with Crippen molar-refractivity contribution in [1.82, 2.24) is 5.32 Å². The Bertz CT molecular complexity index is 560. The second kappa shape index (κ2) is 25.1. The van der Waals surface area contributed by atoms with Crippen LogP contribution in [0.3, 0.4) is 0 Å². The van der Waals surface area contributed by atoms with Gasteiger partial charge in [-0.1, -0.05) is 175 Å². The Morgan fingerprint density at radius 1 is 0.658 bits per heavy atom. The first kappa shape index (κ1) is 35.2. The number of nitrogens with one attached hydrogen (secondary N) is 1. The van der Waals surface area contributed by atoms with Crippen LogP contribution in [0.5, 0.6) is 0 Å². The number of aliphatic imine (C=N–C) groups is 1. The first-order valence-corrected chi connectivity index (χ1v) is 17.4. The summed E-state index contributed by atoms with van der Waals surface area (Å²) < 4.78 is 0. The number of unbranched alkanes of at least 4 members (excludes halogenated alkanes) is 22. The Morgan fingerprint density at radius 3 is 1.47 bits per heavy atom. The average Bonchev–Trinajstić information content (AvgIpc) is 3.40. The van der Waals surface area contributed by atoms with Gasteiger partial charge in [0, 0.05) is 18.4 Å². The third kappa shape index (κ3) is 18.4. The summed E-state index contributed by atoms with van der Waals surface area (Å²) in [5, 5.41) is 3.61. The van der Waals surface area contributed by atoms with Gasteiger partial charge in [0.1, 0.15) is 12.1 Å². The van der Waals surface area contributed by atoms with Gasteiger partial charge in [0.05, 0.1) is 6.04 Å². The fraction of sp³-hybridized carbons (Fsp3) is 0.943. The van der Waals surface area contributed by atoms with Crippen molar-refractivity contribution in [1.29, 1.82) is 0 Å². The van der Waals surface area contributed by atoms with E-state index in [4.69, 9.17) is 4.99 Å². The Balaban J connectivity index is 2.08. The van der Waals surface area contributed by atoms with Crippen molar-refractivity contribution >= 4 is 12.1 Å². The molecular formula is C35H68N2O. The SMILES string of the molecule is CCCCCCCCCCCCCCCCC1CNC(C(C)(CC=O)CCCCCCCCCCCC)=N1. The molecule has 1 aliphatic heterocycles. The minimum Gasteiger partial charge on any atom is -0.371 e. The Labute approximate surface area is 239 Å². The van der Waals surface area contributed by atoms with E-state index in [0.29, 0.717) is 12.5 Å². The standard InChI is InChI=1S/C35H68N2O/c1-4-6-8-10-12-14-16-17-18-19-20-22-24-26-28-33-32-36-34(37-33)35(3,30-31-38)29-27-25-23-21-15-13-11-9-7-5-2/h31,33H,4-30,32H2,1-3H3,(H,36,37). The third-order valence-corrected chi connectivity index (χ3v) is 8.90. The van der Waals surface area contributed by atoms with Crippen LogP contribution in [-0.4, -0.2) is 24.7 Å². The first-order valence-electron chi connectivity index (χ1n) is 17.4. The summed E-state index contributed by atoms with van der Waals surface area (Å²) in [7, 11) is 0. The molecule has 0 spiro atoms. The van der Waals surface area contributed by atoms with Crippen LogP contribution in [0.4, 0.5) is 0 Å². The molecule has 0 aliphatic carbocycles. The summed E-state index contributed by atoms with van der Waals surface area (Å²) in [4.78, 5) is 16.6. The molecule has 0 aromatic rings. The zero-order valence-corrected chi connectivity index (χ0v) is 26.3. The summed E-state index contributed by atoms with van der Waals surface area (Å²) in [5.41, 5.74) is -0.0911. The van der Waals surface area contributed by atoms with Gasteiger partial charge in [-0.15, -0.1) is 0 Å². The summed E-state index contributed by atoms with van der Waals surface area (Å²) in [5.74, 6) is 1.12. The molecule has 1 N–H and O–H groups in total. The van der Waals surface area contributed by atoms with Crippen LogP contribution < -0.4 is 5.32 Å². The van der Waals surface area contributed by atoms with E-state index in [1.807, 2.05) is 0 Å². The Morgan fingerprint density at radius 2 is 1.05 bits per heavy atom. The molecule has 3 nitrogen and oxygen atoms in total. The second-order valence-electron chi connectivity index (χ2n) is 12.8. The molecule has 2 atom stereocenters. The summed E-state index contributed by atoms with van der Waals surface area (Å²) in [6.07, 6.45) is 37.3. The predicted octanol–water partition coefficient (Wildman–Crippen LogP) is 11.1. The van der Waals surface area contributed by atoms with Crippen molar-refractivity contribution in [2.45, 2.75) is 200 Å². The molecule has 0 saturated carbocycles. The number of hydrogen-bond donors (Lipinski definition) is 1. The molecule has 0 radical (unpaired) electrons. The minimum atomic E-state index is -0.0911. The van der Waals surface area contributed by atoms with Crippen LogP contribution in [0, 0.1) is 5.41 Å². The minimum absolute atomic E-state index is 0.0911. The van der Waals surface area contributed by atoms with Gasteiger partial charge in [0.2, 0.25) is 0 Å². The highest BCUT2D eigenvalue weighted by molar-refractivity contribution is 5.91. The molecule has 2 unspecified atom stereocenters. The largest absolute Gasteiger partial charge is 0.371 e. The van der Waals surface area contributed by atoms with Gasteiger partial charge in [0.25, 0.3) is 0 Å². The van der Waals surface area contributed by atoms with E-state index in [9.17, 15) is 4.79 Å². The molecule has 1 aliphatic rings. The van der Waals surface area contributed by atoms with Gasteiger partial charge < -0.3 is 10.1 Å². The van der Waals surface area contributed by atoms with Crippen molar-refractivity contribution in [2.75, 3.05) is 6.54 Å². The number of nitrogens with zero attached hydrogens (tertiary/aromatic N) is 1. The van der Waals surface area contributed by atoms with Crippen molar-refractivity contribution in [2.24, 2.45) is 10.4 Å². The van der Waals surface area contributed by atoms with Crippen molar-refractivity contribution in [3.8, 4) is 0 Å². The fourth-order valence-electron chi connectivity index (χ4n) is 6.10. The number of rotatable bonds is 29. The lowest BCUT2D eigenvalue weighted by Crippen LogP contribution is -2.37. The zero-order chi connectivity index (χ0) is 27.6. The lowest BCUT2D eigenvalue weighted by atomic mass is 9.80. The lowest BCUT2D eigenvalue weighted by Gasteiger charge is -2.28. The number of carbonyl (C=O) groups excluding carboxylic acids is 1. The first-order chi connectivity index (χ1) is 18.7. The average molecular weight is 533 g/mol. The lowest BCUT2D eigenvalue weighted by molar-refractivity contribution is -0.109. The van der Waals surface area contributed by atoms with E-state index in [1.165, 1.54) is 161 Å². The molecule has 0 aromatic heterocycles. The van der Waals surface area contributed by atoms with E-state index >= 15 is 0 Å². The van der Waals surface area contributed by atoms with Crippen LogP contribution in [0.15, 0.2) is 4.99 Å². The number of carbonyl (C=O) groups is 1. The summed E-state index contributed by atoms with van der Waals surface area (Å²) in [6.45, 7) is 7.81. The fourth-order valence-corrected chi connectivity index (χ4v) is 6.10. The Kier molecular flexibility index (Phi) is 23.3. The highest BCUT2D eigenvalue weighted by Crippen LogP contribution is 2.31. The van der Waals surface area contributed by atoms with Gasteiger partial charge in [-0.2, -0.15) is 0 Å². The maximum Gasteiger partial charge on any atom is 0.120 e. The quantitative estimate of drug-likeness (QED) is 0.0768. The number of hydrogen-bond acceptors (Lipinski definition) is 3. The molecule has 0 amide bonds. The normalized spacial score (nSPS) is 16.8. The monoisotopic (exact) mass is 533 g/mol. The topological polar surface area (TPSA) is 41.5 Å². The summed E-state index contributed by atoms with van der Waals surface area (Å²) >= 11 is 0. The van der Waals surface area contributed by atoms with E-state index in [1.54, 1.807) is 0 Å². The van der Waals surface area contributed by atoms with E-state index in [2.05, 4.69) is 26.1 Å². The summed E-state index contributed by atoms with van der Waals surface area (Å²) in [6, 6.07) is 0.418. The molecular weight excluding hydrogens is 464 g/mol. The highest BCUT2D eigenvalue weighted by Gasteiger charge is 2.33. The van der Waals surface area contributed by atoms with Crippen LogP contribution in [-0.2, 0) is 4.79 Å². The second-order valence-corrected chi connectivity index (χ2v) is 12.8. The van der Waals surface area contributed by atoms with Crippen LogP contribution in [0.2, 0.25) is 0 Å². The molecule has 1 rings (SSSR count). The maximum atomic E-state index is 11.5. The van der Waals surface area contributed by atoms with Crippen LogP contribution >= 0.6 is 0 Å². The molecule has 0 bridgehead atoms. The number of amidine groups is 1. The smallest absolute Gasteiger partial charge is 0.120 e. The van der Waals surface area contributed by atoms with Crippen molar-refractivity contribution in [3.05, 3.63) is 0 Å². The van der Waals surface area contributed by atoms with Gasteiger partial charge in [0.15, 0.2) is 0 Å². The van der Waals surface area contributed by atoms with Gasteiger partial charge in [-0.05, 0) is 12.8 Å². The molecule has 0 aromatic carbocycles. The molecule has 224 valence electrons. The molecule has 1 heterocycles. The molecule has 38 heavy (non-hydrogen) atoms. The molecule has 0 fully saturated rings. The van der Waals surface area contributed by atoms with E-state index in [-0.39, 0.29) is 5.41 Å². The highest BCUT2D eigenvalue weighted by atomic mass is 16.1. The maximum absolute atomic E-state index is 11.5. The molecule has 0 saturated heterocycles. The van der Waals surface area contributed by atoms with Crippen LogP contribution in [0.25, 0.3) is 0 Å². The van der Waals surface area contributed by atoms with Crippen molar-refractivity contribution in [3.63, 3.8) is 0 Å². The van der Waals surface area contributed by atoms with E-state index in [0.717, 1.165) is 25.1 Å². The van der Waals surface area contributed by atoms with Gasteiger partial charge >= 0.3 is 0 Å². The van der Waals surface area contributed by atoms with Crippen LogP contribution in [0.1, 0.15) is 194 Å². The molecule has 3 heteroatoms. The van der Waals surface area contributed by atoms with Gasteiger partial charge in [-0.3, -0.25) is 4.99 Å². The van der Waals surface area contributed by atoms with Crippen molar-refractivity contribution < 1.29 is 4.79 Å². The van der Waals surface area contributed by atoms with Gasteiger partial charge in [-0.25, -0.2) is 0 Å².